The summed E-state index contributed by atoms with van der Waals surface area (Å²) in [6, 6.07) is 0. The van der Waals surface area contributed by atoms with Crippen LogP contribution in [0.15, 0.2) is 5.10 Å². The van der Waals surface area contributed by atoms with Gasteiger partial charge in [-0.05, 0) is 24.1 Å². The largest absolute Gasteiger partial charge is 0.375 e. The minimum absolute atomic E-state index is 0.211. The summed E-state index contributed by atoms with van der Waals surface area (Å²) in [5.74, 6) is 1.10. The van der Waals surface area contributed by atoms with E-state index in [0.29, 0.717) is 11.8 Å². The van der Waals surface area contributed by atoms with Gasteiger partial charge in [0, 0.05) is 6.21 Å². The standard InChI is InChI=1S/C8H17N3S/c1-4-6(2)7(3)5-10-11-8(9)12/h5-7H,4H2,1-3H3,(H3,9,11,12)/b10-5-. The molecular formula is C8H17N3S. The third-order valence-electron chi connectivity index (χ3n) is 2.03. The predicted molar refractivity (Wildman–Crippen MR) is 57.0 cm³/mol. The van der Waals surface area contributed by atoms with E-state index < -0.39 is 0 Å². The smallest absolute Gasteiger partial charge is 0.184 e. The Morgan fingerprint density at radius 3 is 2.67 bits per heavy atom. The van der Waals surface area contributed by atoms with Crippen molar-refractivity contribution < 1.29 is 0 Å². The molecule has 70 valence electrons. The van der Waals surface area contributed by atoms with Crippen LogP contribution in [0.1, 0.15) is 27.2 Å². The highest BCUT2D eigenvalue weighted by Crippen LogP contribution is 2.11. The van der Waals surface area contributed by atoms with E-state index >= 15 is 0 Å². The first-order chi connectivity index (χ1) is 5.57. The number of thiocarbonyl (C=S) groups is 1. The third kappa shape index (κ3) is 5.07. The molecule has 0 aromatic rings. The molecule has 0 radical (unpaired) electrons. The lowest BCUT2D eigenvalue weighted by Gasteiger charge is -2.12. The van der Waals surface area contributed by atoms with E-state index in [1.54, 1.807) is 0 Å². The number of hydrazone groups is 1. The summed E-state index contributed by atoms with van der Waals surface area (Å²) in [7, 11) is 0. The molecule has 3 nitrogen and oxygen atoms in total. The molecule has 0 saturated carbocycles. The first kappa shape index (κ1) is 11.4. The number of nitrogens with two attached hydrogens (primary N) is 1. The summed E-state index contributed by atoms with van der Waals surface area (Å²) in [4.78, 5) is 0. The molecule has 3 N–H and O–H groups in total. The van der Waals surface area contributed by atoms with Gasteiger partial charge in [-0.15, -0.1) is 0 Å². The molecule has 0 aliphatic carbocycles. The molecule has 0 bridgehead atoms. The molecule has 4 heteroatoms. The fraction of sp³-hybridized carbons (Fsp3) is 0.750. The van der Waals surface area contributed by atoms with Crippen molar-refractivity contribution in [1.29, 1.82) is 0 Å². The molecule has 0 aliphatic rings. The molecule has 0 heterocycles. The van der Waals surface area contributed by atoms with Gasteiger partial charge in [0.05, 0.1) is 0 Å². The van der Waals surface area contributed by atoms with Gasteiger partial charge in [0.1, 0.15) is 0 Å². The normalized spacial score (nSPS) is 15.9. The van der Waals surface area contributed by atoms with Gasteiger partial charge in [-0.1, -0.05) is 27.2 Å². The van der Waals surface area contributed by atoms with E-state index in [1.165, 1.54) is 0 Å². The lowest BCUT2D eigenvalue weighted by atomic mass is 9.95. The summed E-state index contributed by atoms with van der Waals surface area (Å²) in [6.07, 6.45) is 2.99. The van der Waals surface area contributed by atoms with Crippen molar-refractivity contribution >= 4 is 23.5 Å². The molecule has 0 aromatic heterocycles. The number of hydrogen-bond donors (Lipinski definition) is 2. The van der Waals surface area contributed by atoms with Crippen LogP contribution in [0.25, 0.3) is 0 Å². The average Bonchev–Trinajstić information content (AvgIpc) is 2.02. The van der Waals surface area contributed by atoms with Crippen LogP contribution in [0.3, 0.4) is 0 Å². The zero-order chi connectivity index (χ0) is 9.56. The van der Waals surface area contributed by atoms with Crippen LogP contribution in [-0.4, -0.2) is 11.3 Å². The van der Waals surface area contributed by atoms with E-state index in [-0.39, 0.29) is 5.11 Å². The monoisotopic (exact) mass is 187 g/mol. The number of nitrogens with zero attached hydrogens (tertiary/aromatic N) is 1. The Morgan fingerprint density at radius 1 is 1.67 bits per heavy atom. The lowest BCUT2D eigenvalue weighted by molar-refractivity contribution is 0.474. The Labute approximate surface area is 79.4 Å². The average molecular weight is 187 g/mol. The molecule has 0 saturated heterocycles. The highest BCUT2D eigenvalue weighted by molar-refractivity contribution is 7.80. The number of hydrogen-bond acceptors (Lipinski definition) is 2. The van der Waals surface area contributed by atoms with Crippen LogP contribution in [0, 0.1) is 11.8 Å². The Morgan fingerprint density at radius 2 is 2.25 bits per heavy atom. The van der Waals surface area contributed by atoms with Crippen LogP contribution in [0.4, 0.5) is 0 Å². The summed E-state index contributed by atoms with van der Waals surface area (Å²) in [5.41, 5.74) is 7.73. The second-order valence-electron chi connectivity index (χ2n) is 3.00. The predicted octanol–water partition coefficient (Wildman–Crippen LogP) is 1.49. The Balaban J connectivity index is 3.74. The Hall–Kier alpha value is -0.640. The topological polar surface area (TPSA) is 50.4 Å². The summed E-state index contributed by atoms with van der Waals surface area (Å²) < 4.78 is 0. The zero-order valence-corrected chi connectivity index (χ0v) is 8.69. The van der Waals surface area contributed by atoms with Crippen molar-refractivity contribution in [3.8, 4) is 0 Å². The molecule has 0 fully saturated rings. The second-order valence-corrected chi connectivity index (χ2v) is 3.44. The molecule has 0 rings (SSSR count). The van der Waals surface area contributed by atoms with E-state index in [4.69, 9.17) is 5.73 Å². The van der Waals surface area contributed by atoms with Crippen molar-refractivity contribution in [2.24, 2.45) is 22.7 Å². The van der Waals surface area contributed by atoms with Crippen LogP contribution < -0.4 is 11.2 Å². The minimum Gasteiger partial charge on any atom is -0.375 e. The number of rotatable bonds is 4. The Kier molecular flexibility index (Phi) is 5.62. The summed E-state index contributed by atoms with van der Waals surface area (Å²) in [5, 5.41) is 4.11. The van der Waals surface area contributed by atoms with Crippen molar-refractivity contribution in [3.05, 3.63) is 0 Å². The van der Waals surface area contributed by atoms with Gasteiger partial charge in [-0.3, -0.25) is 5.43 Å². The molecule has 2 atom stereocenters. The van der Waals surface area contributed by atoms with Gasteiger partial charge in [0.25, 0.3) is 0 Å². The van der Waals surface area contributed by atoms with Gasteiger partial charge < -0.3 is 5.73 Å². The van der Waals surface area contributed by atoms with Crippen molar-refractivity contribution in [2.45, 2.75) is 27.2 Å². The molecule has 0 amide bonds. The van der Waals surface area contributed by atoms with Gasteiger partial charge in [-0.25, -0.2) is 0 Å². The van der Waals surface area contributed by atoms with E-state index in [2.05, 4.69) is 43.5 Å². The second kappa shape index (κ2) is 5.94. The third-order valence-corrected chi connectivity index (χ3v) is 2.12. The summed E-state index contributed by atoms with van der Waals surface area (Å²) in [6.45, 7) is 6.48. The maximum atomic E-state index is 5.19. The van der Waals surface area contributed by atoms with Gasteiger partial charge in [-0.2, -0.15) is 5.10 Å². The van der Waals surface area contributed by atoms with Crippen molar-refractivity contribution in [1.82, 2.24) is 5.43 Å². The van der Waals surface area contributed by atoms with Crippen LogP contribution in [-0.2, 0) is 0 Å². The van der Waals surface area contributed by atoms with Crippen molar-refractivity contribution in [3.63, 3.8) is 0 Å². The summed E-state index contributed by atoms with van der Waals surface area (Å²) >= 11 is 4.59. The maximum absolute atomic E-state index is 5.19. The van der Waals surface area contributed by atoms with Crippen molar-refractivity contribution in [2.75, 3.05) is 0 Å². The fourth-order valence-electron chi connectivity index (χ4n) is 0.737. The Bertz CT molecular complexity index is 168. The van der Waals surface area contributed by atoms with E-state index in [9.17, 15) is 0 Å². The molecule has 2 unspecified atom stereocenters. The molecule has 0 aromatic carbocycles. The minimum atomic E-state index is 0.211. The molecule has 0 aliphatic heterocycles. The highest BCUT2D eigenvalue weighted by Gasteiger charge is 2.06. The van der Waals surface area contributed by atoms with Crippen LogP contribution >= 0.6 is 12.2 Å². The molecule has 12 heavy (non-hydrogen) atoms. The van der Waals surface area contributed by atoms with Gasteiger partial charge >= 0.3 is 0 Å². The van der Waals surface area contributed by atoms with Gasteiger partial charge in [0.2, 0.25) is 0 Å². The first-order valence-corrected chi connectivity index (χ1v) is 4.57. The molecule has 0 spiro atoms. The highest BCUT2D eigenvalue weighted by atomic mass is 32.1. The van der Waals surface area contributed by atoms with Gasteiger partial charge in [0.15, 0.2) is 5.11 Å². The van der Waals surface area contributed by atoms with Crippen LogP contribution in [0.2, 0.25) is 0 Å². The maximum Gasteiger partial charge on any atom is 0.184 e. The van der Waals surface area contributed by atoms with E-state index in [1.807, 2.05) is 6.21 Å². The SMILES string of the molecule is CCC(C)C(C)/C=N\NC(N)=S. The quantitative estimate of drug-likeness (QED) is 0.398. The number of nitrogens with one attached hydrogen (secondary N) is 1. The zero-order valence-electron chi connectivity index (χ0n) is 7.87. The molecular weight excluding hydrogens is 170 g/mol. The van der Waals surface area contributed by atoms with E-state index in [0.717, 1.165) is 6.42 Å². The fourth-order valence-corrected chi connectivity index (χ4v) is 0.790. The lowest BCUT2D eigenvalue weighted by Crippen LogP contribution is -2.24. The first-order valence-electron chi connectivity index (χ1n) is 4.16. The van der Waals surface area contributed by atoms with Crippen LogP contribution in [0.5, 0.6) is 0 Å².